The van der Waals surface area contributed by atoms with Gasteiger partial charge in [-0.05, 0) is 48.3 Å². The van der Waals surface area contributed by atoms with Crippen molar-refractivity contribution in [1.29, 1.82) is 0 Å². The molecule has 0 heterocycles. The monoisotopic (exact) mass is 436 g/mol. The molecule has 174 valence electrons. The van der Waals surface area contributed by atoms with Crippen molar-refractivity contribution in [1.82, 2.24) is 10.2 Å². The van der Waals surface area contributed by atoms with Gasteiger partial charge in [0.05, 0.1) is 0 Å². The van der Waals surface area contributed by atoms with Crippen LogP contribution in [0.1, 0.15) is 77.5 Å². The molecule has 0 aliphatic heterocycles. The van der Waals surface area contributed by atoms with E-state index in [1.165, 1.54) is 5.56 Å². The third kappa shape index (κ3) is 7.51. The third-order valence-electron chi connectivity index (χ3n) is 6.03. The summed E-state index contributed by atoms with van der Waals surface area (Å²) in [4.78, 5) is 28.1. The van der Waals surface area contributed by atoms with Crippen molar-refractivity contribution in [3.63, 3.8) is 0 Å². The highest BCUT2D eigenvalue weighted by molar-refractivity contribution is 5.87. The van der Waals surface area contributed by atoms with E-state index < -0.39 is 6.04 Å². The molecule has 2 aromatic carbocycles. The molecule has 1 N–H and O–H groups in total. The Hall–Kier alpha value is -2.62. The fourth-order valence-electron chi connectivity index (χ4n) is 3.71. The first-order valence-corrected chi connectivity index (χ1v) is 11.9. The summed E-state index contributed by atoms with van der Waals surface area (Å²) in [6.07, 6.45) is 2.49. The molecule has 32 heavy (non-hydrogen) atoms. The molecule has 0 aliphatic rings. The minimum absolute atomic E-state index is 0.0138. The first kappa shape index (κ1) is 25.6. The molecule has 2 aromatic rings. The van der Waals surface area contributed by atoms with Crippen LogP contribution in [-0.4, -0.2) is 28.8 Å². The van der Waals surface area contributed by atoms with Crippen LogP contribution in [0.15, 0.2) is 54.6 Å². The summed E-state index contributed by atoms with van der Waals surface area (Å²) in [6, 6.07) is 18.0. The number of aryl methyl sites for hydroxylation is 1. The lowest BCUT2D eigenvalue weighted by Gasteiger charge is -2.31. The average Bonchev–Trinajstić information content (AvgIpc) is 2.77. The fourth-order valence-corrected chi connectivity index (χ4v) is 3.71. The van der Waals surface area contributed by atoms with Gasteiger partial charge >= 0.3 is 0 Å². The van der Waals surface area contributed by atoms with E-state index in [9.17, 15) is 9.59 Å². The Labute approximate surface area is 194 Å². The molecular formula is C28H40N2O2. The maximum Gasteiger partial charge on any atom is 0.243 e. The number of nitrogens with zero attached hydrogens (tertiary/aromatic N) is 1. The zero-order valence-electron chi connectivity index (χ0n) is 20.7. The minimum atomic E-state index is -0.472. The Morgan fingerprint density at radius 1 is 0.906 bits per heavy atom. The summed E-state index contributed by atoms with van der Waals surface area (Å²) in [6.45, 7) is 13.0. The Morgan fingerprint density at radius 3 is 2.06 bits per heavy atom. The molecule has 0 bridgehead atoms. The van der Waals surface area contributed by atoms with Gasteiger partial charge in [0.15, 0.2) is 0 Å². The number of nitrogens with one attached hydrogen (secondary N) is 1. The quantitative estimate of drug-likeness (QED) is 0.524. The van der Waals surface area contributed by atoms with Crippen molar-refractivity contribution in [3.05, 3.63) is 71.3 Å². The van der Waals surface area contributed by atoms with E-state index in [4.69, 9.17) is 0 Å². The number of hydrogen-bond acceptors (Lipinski definition) is 2. The Morgan fingerprint density at radius 2 is 1.53 bits per heavy atom. The van der Waals surface area contributed by atoms with Gasteiger partial charge in [-0.1, -0.05) is 89.2 Å². The zero-order chi connectivity index (χ0) is 23.7. The molecule has 0 unspecified atom stereocenters. The van der Waals surface area contributed by atoms with Gasteiger partial charge in [0, 0.05) is 19.0 Å². The summed E-state index contributed by atoms with van der Waals surface area (Å²) in [7, 11) is 0. The van der Waals surface area contributed by atoms with Crippen molar-refractivity contribution in [3.8, 4) is 0 Å². The van der Waals surface area contributed by atoms with Crippen LogP contribution in [0.4, 0.5) is 0 Å². The molecule has 0 saturated carbocycles. The number of hydrogen-bond donors (Lipinski definition) is 1. The zero-order valence-corrected chi connectivity index (χ0v) is 20.7. The lowest BCUT2D eigenvalue weighted by Crippen LogP contribution is -2.50. The van der Waals surface area contributed by atoms with Crippen LogP contribution in [0.25, 0.3) is 0 Å². The Bertz CT molecular complexity index is 853. The van der Waals surface area contributed by atoms with E-state index >= 15 is 0 Å². The largest absolute Gasteiger partial charge is 0.352 e. The highest BCUT2D eigenvalue weighted by Crippen LogP contribution is 2.23. The van der Waals surface area contributed by atoms with Gasteiger partial charge in [0.1, 0.15) is 6.04 Å². The number of amides is 2. The van der Waals surface area contributed by atoms with Crippen LogP contribution in [-0.2, 0) is 28.0 Å². The lowest BCUT2D eigenvalue weighted by molar-refractivity contribution is -0.141. The smallest absolute Gasteiger partial charge is 0.243 e. The second-order valence-electron chi connectivity index (χ2n) is 9.70. The van der Waals surface area contributed by atoms with Gasteiger partial charge in [-0.15, -0.1) is 0 Å². The maximum atomic E-state index is 13.4. The van der Waals surface area contributed by atoms with Gasteiger partial charge in [-0.25, -0.2) is 0 Å². The van der Waals surface area contributed by atoms with Crippen molar-refractivity contribution in [2.24, 2.45) is 0 Å². The average molecular weight is 437 g/mol. The molecule has 0 saturated heterocycles. The molecule has 4 heteroatoms. The number of carbonyl (C=O) groups is 2. The Kier molecular flexibility index (Phi) is 9.49. The van der Waals surface area contributed by atoms with Gasteiger partial charge in [-0.3, -0.25) is 9.59 Å². The molecule has 0 radical (unpaired) electrons. The standard InChI is InChI=1S/C28H40N2O2/c1-7-21(3)29-27(32)25(8-2)30(20-23-12-10-9-11-13-23)26(31)19-16-22-14-17-24(18-15-22)28(4,5)6/h9-15,17-18,21,25H,7-8,16,19-20H2,1-6H3,(H,29,32)/t21-,25+/m0/s1. The molecule has 2 rings (SSSR count). The second-order valence-corrected chi connectivity index (χ2v) is 9.70. The molecule has 4 nitrogen and oxygen atoms in total. The molecule has 2 amide bonds. The summed E-state index contributed by atoms with van der Waals surface area (Å²) in [5.74, 6) is -0.0550. The molecule has 0 aromatic heterocycles. The van der Waals surface area contributed by atoms with Crippen molar-refractivity contribution >= 4 is 11.8 Å². The molecular weight excluding hydrogens is 396 g/mol. The van der Waals surface area contributed by atoms with E-state index in [2.05, 4.69) is 50.4 Å². The topological polar surface area (TPSA) is 49.4 Å². The summed E-state index contributed by atoms with van der Waals surface area (Å²) in [5.41, 5.74) is 3.57. The first-order valence-electron chi connectivity index (χ1n) is 11.9. The van der Waals surface area contributed by atoms with Crippen LogP contribution >= 0.6 is 0 Å². The second kappa shape index (κ2) is 11.8. The summed E-state index contributed by atoms with van der Waals surface area (Å²) >= 11 is 0. The normalized spacial score (nSPS) is 13.3. The molecule has 2 atom stereocenters. The van der Waals surface area contributed by atoms with E-state index in [0.29, 0.717) is 25.8 Å². The number of benzene rings is 2. The van der Waals surface area contributed by atoms with Crippen molar-refractivity contribution < 1.29 is 9.59 Å². The highest BCUT2D eigenvalue weighted by atomic mass is 16.2. The predicted molar refractivity (Wildman–Crippen MR) is 132 cm³/mol. The number of rotatable bonds is 10. The number of carbonyl (C=O) groups excluding carboxylic acids is 2. The maximum absolute atomic E-state index is 13.4. The fraction of sp³-hybridized carbons (Fsp3) is 0.500. The summed E-state index contributed by atoms with van der Waals surface area (Å²) < 4.78 is 0. The van der Waals surface area contributed by atoms with E-state index in [0.717, 1.165) is 17.5 Å². The molecule has 0 aliphatic carbocycles. The van der Waals surface area contributed by atoms with Crippen LogP contribution in [0.5, 0.6) is 0 Å². The first-order chi connectivity index (χ1) is 15.2. The van der Waals surface area contributed by atoms with Crippen molar-refractivity contribution in [2.75, 3.05) is 0 Å². The van der Waals surface area contributed by atoms with Crippen LogP contribution < -0.4 is 5.32 Å². The van der Waals surface area contributed by atoms with E-state index in [1.54, 1.807) is 4.90 Å². The van der Waals surface area contributed by atoms with Crippen LogP contribution in [0.3, 0.4) is 0 Å². The van der Waals surface area contributed by atoms with Gasteiger partial charge in [-0.2, -0.15) is 0 Å². The van der Waals surface area contributed by atoms with E-state index in [1.807, 2.05) is 51.1 Å². The molecule has 0 spiro atoms. The van der Waals surface area contributed by atoms with Crippen LogP contribution in [0.2, 0.25) is 0 Å². The third-order valence-corrected chi connectivity index (χ3v) is 6.03. The van der Waals surface area contributed by atoms with Gasteiger partial charge < -0.3 is 10.2 Å². The molecule has 0 fully saturated rings. The van der Waals surface area contributed by atoms with Gasteiger partial charge in [0.2, 0.25) is 11.8 Å². The van der Waals surface area contributed by atoms with E-state index in [-0.39, 0.29) is 23.3 Å². The minimum Gasteiger partial charge on any atom is -0.352 e. The lowest BCUT2D eigenvalue weighted by atomic mass is 9.86. The van der Waals surface area contributed by atoms with Gasteiger partial charge in [0.25, 0.3) is 0 Å². The Balaban J connectivity index is 2.16. The van der Waals surface area contributed by atoms with Crippen molar-refractivity contribution in [2.45, 2.75) is 91.3 Å². The van der Waals surface area contributed by atoms with Crippen LogP contribution in [0, 0.1) is 0 Å². The predicted octanol–water partition coefficient (Wildman–Crippen LogP) is 5.64. The highest BCUT2D eigenvalue weighted by Gasteiger charge is 2.29. The SMILES string of the molecule is CC[C@H](C(=O)N[C@@H](C)CC)N(Cc1ccccc1)C(=O)CCc1ccc(C(C)(C)C)cc1. The summed E-state index contributed by atoms with van der Waals surface area (Å²) in [5, 5.41) is 3.06.